The van der Waals surface area contributed by atoms with E-state index in [1.165, 1.54) is 0 Å². The molecule has 3 nitrogen and oxygen atoms in total. The number of carbonyl (C=O) groups is 1. The van der Waals surface area contributed by atoms with E-state index >= 15 is 0 Å². The SMILES string of the molecule is CC1CCCC(C(=O)NCCCC(F)(F)F)N1. The molecule has 0 aliphatic carbocycles. The highest BCUT2D eigenvalue weighted by atomic mass is 19.4. The lowest BCUT2D eigenvalue weighted by Gasteiger charge is -2.27. The largest absolute Gasteiger partial charge is 0.389 e. The summed E-state index contributed by atoms with van der Waals surface area (Å²) in [5.74, 6) is -0.182. The molecule has 1 aliphatic rings. The molecule has 1 saturated heterocycles. The van der Waals surface area contributed by atoms with Gasteiger partial charge in [0, 0.05) is 19.0 Å². The van der Waals surface area contributed by atoms with E-state index in [4.69, 9.17) is 0 Å². The first-order valence-electron chi connectivity index (χ1n) is 5.99. The average molecular weight is 252 g/mol. The third-order valence-electron chi connectivity index (χ3n) is 2.87. The maximum atomic E-state index is 11.9. The molecule has 0 radical (unpaired) electrons. The minimum Gasteiger partial charge on any atom is -0.355 e. The number of carbonyl (C=O) groups excluding carboxylic acids is 1. The van der Waals surface area contributed by atoms with Crippen LogP contribution in [0.2, 0.25) is 0 Å². The van der Waals surface area contributed by atoms with Gasteiger partial charge in [-0.25, -0.2) is 0 Å². The first-order valence-corrected chi connectivity index (χ1v) is 5.99. The molecule has 0 aromatic rings. The molecular formula is C11H19F3N2O. The van der Waals surface area contributed by atoms with Gasteiger partial charge in [-0.1, -0.05) is 0 Å². The fourth-order valence-corrected chi connectivity index (χ4v) is 1.97. The third kappa shape index (κ3) is 5.91. The minimum atomic E-state index is -4.14. The number of alkyl halides is 3. The number of halogens is 3. The second kappa shape index (κ2) is 6.23. The first kappa shape index (κ1) is 14.3. The van der Waals surface area contributed by atoms with Gasteiger partial charge in [-0.3, -0.25) is 4.79 Å². The van der Waals surface area contributed by atoms with Crippen molar-refractivity contribution in [3.8, 4) is 0 Å². The van der Waals surface area contributed by atoms with Crippen LogP contribution < -0.4 is 10.6 Å². The lowest BCUT2D eigenvalue weighted by atomic mass is 9.99. The number of piperidine rings is 1. The third-order valence-corrected chi connectivity index (χ3v) is 2.87. The van der Waals surface area contributed by atoms with Crippen LogP contribution in [0.25, 0.3) is 0 Å². The molecule has 100 valence electrons. The summed E-state index contributed by atoms with van der Waals surface area (Å²) in [6.45, 7) is 2.09. The highest BCUT2D eigenvalue weighted by Crippen LogP contribution is 2.20. The number of rotatable bonds is 4. The normalized spacial score (nSPS) is 25.6. The van der Waals surface area contributed by atoms with Crippen LogP contribution in [0.1, 0.15) is 39.0 Å². The molecule has 1 aliphatic heterocycles. The number of hydrogen-bond donors (Lipinski definition) is 2. The Labute approximate surface area is 99.1 Å². The Morgan fingerprint density at radius 2 is 2.12 bits per heavy atom. The summed E-state index contributed by atoms with van der Waals surface area (Å²) in [7, 11) is 0. The molecule has 0 bridgehead atoms. The Bertz CT molecular complexity index is 256. The van der Waals surface area contributed by atoms with Gasteiger partial charge in [0.2, 0.25) is 5.91 Å². The molecule has 17 heavy (non-hydrogen) atoms. The summed E-state index contributed by atoms with van der Waals surface area (Å²) >= 11 is 0. The predicted molar refractivity (Wildman–Crippen MR) is 58.5 cm³/mol. The Morgan fingerprint density at radius 1 is 1.41 bits per heavy atom. The van der Waals surface area contributed by atoms with Crippen molar-refractivity contribution in [3.63, 3.8) is 0 Å². The molecule has 1 fully saturated rings. The lowest BCUT2D eigenvalue weighted by molar-refractivity contribution is -0.136. The van der Waals surface area contributed by atoms with Gasteiger partial charge >= 0.3 is 6.18 Å². The van der Waals surface area contributed by atoms with Gasteiger partial charge in [-0.05, 0) is 32.6 Å². The van der Waals surface area contributed by atoms with Crippen molar-refractivity contribution in [1.29, 1.82) is 0 Å². The van der Waals surface area contributed by atoms with Gasteiger partial charge in [-0.15, -0.1) is 0 Å². The van der Waals surface area contributed by atoms with Gasteiger partial charge in [0.25, 0.3) is 0 Å². The van der Waals surface area contributed by atoms with Gasteiger partial charge < -0.3 is 10.6 Å². The van der Waals surface area contributed by atoms with Crippen molar-refractivity contribution in [2.75, 3.05) is 6.54 Å². The van der Waals surface area contributed by atoms with Gasteiger partial charge in [0.15, 0.2) is 0 Å². The van der Waals surface area contributed by atoms with Gasteiger partial charge in [0.1, 0.15) is 0 Å². The zero-order chi connectivity index (χ0) is 12.9. The monoisotopic (exact) mass is 252 g/mol. The lowest BCUT2D eigenvalue weighted by Crippen LogP contribution is -2.50. The summed E-state index contributed by atoms with van der Waals surface area (Å²) in [6.07, 6.45) is -2.26. The van der Waals surface area contributed by atoms with Crippen molar-refractivity contribution in [1.82, 2.24) is 10.6 Å². The minimum absolute atomic E-state index is 0.0580. The van der Waals surface area contributed by atoms with E-state index < -0.39 is 12.6 Å². The highest BCUT2D eigenvalue weighted by Gasteiger charge is 2.27. The molecule has 1 amide bonds. The standard InChI is InChI=1S/C11H19F3N2O/c1-8-4-2-5-9(16-8)10(17)15-7-3-6-11(12,13)14/h8-9,16H,2-7H2,1H3,(H,15,17). The van der Waals surface area contributed by atoms with E-state index in [0.29, 0.717) is 6.04 Å². The summed E-state index contributed by atoms with van der Waals surface area (Å²) in [5, 5.41) is 5.68. The van der Waals surface area contributed by atoms with Crippen molar-refractivity contribution < 1.29 is 18.0 Å². The van der Waals surface area contributed by atoms with Crippen LogP contribution in [0.15, 0.2) is 0 Å². The van der Waals surface area contributed by atoms with E-state index in [0.717, 1.165) is 19.3 Å². The average Bonchev–Trinajstić information content (AvgIpc) is 2.23. The zero-order valence-electron chi connectivity index (χ0n) is 9.94. The Morgan fingerprint density at radius 3 is 2.71 bits per heavy atom. The van der Waals surface area contributed by atoms with Crippen molar-refractivity contribution in [3.05, 3.63) is 0 Å². The molecule has 0 saturated carbocycles. The van der Waals surface area contributed by atoms with Gasteiger partial charge in [-0.2, -0.15) is 13.2 Å². The van der Waals surface area contributed by atoms with Crippen LogP contribution >= 0.6 is 0 Å². The summed E-state index contributed by atoms with van der Waals surface area (Å²) in [5.41, 5.74) is 0. The predicted octanol–water partition coefficient (Wildman–Crippen LogP) is 1.98. The quantitative estimate of drug-likeness (QED) is 0.751. The summed E-state index contributed by atoms with van der Waals surface area (Å²) in [6, 6.07) is 0.0549. The second-order valence-electron chi connectivity index (χ2n) is 4.56. The Kier molecular flexibility index (Phi) is 5.24. The Hall–Kier alpha value is -0.780. The molecule has 1 heterocycles. The fraction of sp³-hybridized carbons (Fsp3) is 0.909. The topological polar surface area (TPSA) is 41.1 Å². The van der Waals surface area contributed by atoms with E-state index in [2.05, 4.69) is 10.6 Å². The maximum absolute atomic E-state index is 11.9. The van der Waals surface area contributed by atoms with E-state index in [9.17, 15) is 18.0 Å². The van der Waals surface area contributed by atoms with Crippen LogP contribution in [-0.4, -0.2) is 30.7 Å². The number of hydrogen-bond acceptors (Lipinski definition) is 2. The summed E-state index contributed by atoms with van der Waals surface area (Å²) in [4.78, 5) is 11.6. The van der Waals surface area contributed by atoms with E-state index in [-0.39, 0.29) is 24.9 Å². The smallest absolute Gasteiger partial charge is 0.355 e. The maximum Gasteiger partial charge on any atom is 0.389 e. The molecule has 2 atom stereocenters. The molecular weight excluding hydrogens is 233 g/mol. The second-order valence-corrected chi connectivity index (χ2v) is 4.56. The number of amides is 1. The van der Waals surface area contributed by atoms with Crippen molar-refractivity contribution in [2.24, 2.45) is 0 Å². The van der Waals surface area contributed by atoms with Gasteiger partial charge in [0.05, 0.1) is 6.04 Å². The summed E-state index contributed by atoms with van der Waals surface area (Å²) < 4.78 is 35.6. The molecule has 0 aromatic carbocycles. The van der Waals surface area contributed by atoms with Crippen LogP contribution in [0.3, 0.4) is 0 Å². The first-order chi connectivity index (χ1) is 7.88. The molecule has 1 rings (SSSR count). The fourth-order valence-electron chi connectivity index (χ4n) is 1.97. The van der Waals surface area contributed by atoms with Crippen LogP contribution in [0, 0.1) is 0 Å². The molecule has 2 N–H and O–H groups in total. The van der Waals surface area contributed by atoms with Crippen LogP contribution in [0.5, 0.6) is 0 Å². The molecule has 2 unspecified atom stereocenters. The number of nitrogens with one attached hydrogen (secondary N) is 2. The molecule has 0 aromatic heterocycles. The highest BCUT2D eigenvalue weighted by molar-refractivity contribution is 5.81. The van der Waals surface area contributed by atoms with Crippen LogP contribution in [-0.2, 0) is 4.79 Å². The zero-order valence-corrected chi connectivity index (χ0v) is 9.94. The Balaban J connectivity index is 2.16. The van der Waals surface area contributed by atoms with Crippen LogP contribution in [0.4, 0.5) is 13.2 Å². The van der Waals surface area contributed by atoms with Crippen molar-refractivity contribution >= 4 is 5.91 Å². The van der Waals surface area contributed by atoms with Crippen molar-refractivity contribution in [2.45, 2.75) is 57.3 Å². The molecule has 0 spiro atoms. The van der Waals surface area contributed by atoms with E-state index in [1.807, 2.05) is 6.92 Å². The molecule has 6 heteroatoms. The van der Waals surface area contributed by atoms with E-state index in [1.54, 1.807) is 0 Å².